The number of carbonyl (C=O) groups is 1. The first-order valence-corrected chi connectivity index (χ1v) is 8.68. The highest BCUT2D eigenvalue weighted by Crippen LogP contribution is 2.22. The van der Waals surface area contributed by atoms with Crippen LogP contribution in [0.3, 0.4) is 0 Å². The maximum Gasteiger partial charge on any atom is 0.282 e. The van der Waals surface area contributed by atoms with Crippen LogP contribution in [-0.4, -0.2) is 39.5 Å². The van der Waals surface area contributed by atoms with Crippen LogP contribution in [0.5, 0.6) is 0 Å². The molecule has 3 aliphatic heterocycles. The number of aryl methyl sites for hydroxylation is 1. The highest BCUT2D eigenvalue weighted by atomic mass is 16.5. The first-order chi connectivity index (χ1) is 12.6. The lowest BCUT2D eigenvalue weighted by Gasteiger charge is -2.12. The summed E-state index contributed by atoms with van der Waals surface area (Å²) in [7, 11) is 1.79. The Morgan fingerprint density at radius 1 is 1.31 bits per heavy atom. The minimum Gasteiger partial charge on any atom is -0.376 e. The first kappa shape index (κ1) is 16.5. The summed E-state index contributed by atoms with van der Waals surface area (Å²) >= 11 is 0. The van der Waals surface area contributed by atoms with Gasteiger partial charge in [-0.15, -0.1) is 0 Å². The maximum atomic E-state index is 12.8. The van der Waals surface area contributed by atoms with Gasteiger partial charge in [-0.1, -0.05) is 18.2 Å². The second-order valence-electron chi connectivity index (χ2n) is 6.50. The molecule has 0 bridgehead atoms. The van der Waals surface area contributed by atoms with Crippen molar-refractivity contribution in [3.63, 3.8) is 0 Å². The molecule has 134 valence electrons. The van der Waals surface area contributed by atoms with Gasteiger partial charge in [-0.2, -0.15) is 9.78 Å². The average molecular weight is 352 g/mol. The summed E-state index contributed by atoms with van der Waals surface area (Å²) in [6.07, 6.45) is 5.41. The molecule has 0 aliphatic carbocycles. The third-order valence-corrected chi connectivity index (χ3v) is 4.56. The van der Waals surface area contributed by atoms with Crippen LogP contribution in [0.15, 0.2) is 47.5 Å². The molecule has 1 atom stereocenters. The fraction of sp³-hybridized carbons (Fsp3) is 0.316. The van der Waals surface area contributed by atoms with Gasteiger partial charge in [0.1, 0.15) is 5.69 Å². The summed E-state index contributed by atoms with van der Waals surface area (Å²) in [5.41, 5.74) is 1.63. The van der Waals surface area contributed by atoms with Crippen LogP contribution in [0, 0.1) is 0 Å². The highest BCUT2D eigenvalue weighted by molar-refractivity contribution is 5.99. The van der Waals surface area contributed by atoms with E-state index in [4.69, 9.17) is 4.74 Å². The Morgan fingerprint density at radius 2 is 2.12 bits per heavy atom. The monoisotopic (exact) mass is 352 g/mol. The lowest BCUT2D eigenvalue weighted by atomic mass is 10.1. The Hall–Kier alpha value is -2.93. The largest absolute Gasteiger partial charge is 0.376 e. The molecule has 26 heavy (non-hydrogen) atoms. The Kier molecular flexibility index (Phi) is 4.30. The van der Waals surface area contributed by atoms with Crippen LogP contribution in [0.4, 0.5) is 0 Å². The van der Waals surface area contributed by atoms with Crippen LogP contribution >= 0.6 is 0 Å². The van der Waals surface area contributed by atoms with Gasteiger partial charge in [-0.25, -0.2) is 0 Å². The number of amides is 1. The number of rotatable bonds is 4. The number of nitrogens with one attached hydrogen (secondary N) is 1. The number of para-hydroxylation sites is 1. The van der Waals surface area contributed by atoms with E-state index in [1.807, 2.05) is 30.3 Å². The van der Waals surface area contributed by atoms with Gasteiger partial charge in [-0.05, 0) is 25.0 Å². The fourth-order valence-corrected chi connectivity index (χ4v) is 3.25. The molecule has 0 spiro atoms. The van der Waals surface area contributed by atoms with Crippen LogP contribution in [0.1, 0.15) is 23.2 Å². The molecule has 1 aromatic rings. The molecular weight excluding hydrogens is 332 g/mol. The zero-order valence-electron chi connectivity index (χ0n) is 14.5. The van der Waals surface area contributed by atoms with Crippen LogP contribution in [0.2, 0.25) is 0 Å². The van der Waals surface area contributed by atoms with Crippen molar-refractivity contribution in [3.05, 3.63) is 58.6 Å². The molecular formula is C19H20N4O3. The van der Waals surface area contributed by atoms with Crippen molar-refractivity contribution in [2.75, 3.05) is 13.2 Å². The molecule has 1 saturated heterocycles. The third kappa shape index (κ3) is 3.01. The summed E-state index contributed by atoms with van der Waals surface area (Å²) in [6.45, 7) is 1.20. The molecule has 3 aliphatic rings. The Labute approximate surface area is 150 Å². The molecule has 1 N–H and O–H groups in total. The summed E-state index contributed by atoms with van der Waals surface area (Å²) in [5.74, 6) is -0.251. The quantitative estimate of drug-likeness (QED) is 0.773. The van der Waals surface area contributed by atoms with E-state index >= 15 is 0 Å². The second-order valence-corrected chi connectivity index (χ2v) is 6.50. The SMILES string of the molecule is Cn1cc(C(=O)NC[C@H]2CCCO2)c2nn(-c3ccccc3)c(=O)c-2c1. The summed E-state index contributed by atoms with van der Waals surface area (Å²) in [4.78, 5) is 25.5. The lowest BCUT2D eigenvalue weighted by molar-refractivity contribution is 0.0857. The van der Waals surface area contributed by atoms with Crippen molar-refractivity contribution in [1.82, 2.24) is 19.7 Å². The van der Waals surface area contributed by atoms with Crippen molar-refractivity contribution >= 4 is 5.91 Å². The number of benzene rings is 1. The van der Waals surface area contributed by atoms with E-state index in [-0.39, 0.29) is 17.6 Å². The van der Waals surface area contributed by atoms with E-state index in [0.29, 0.717) is 29.1 Å². The maximum absolute atomic E-state index is 12.8. The van der Waals surface area contributed by atoms with E-state index in [2.05, 4.69) is 10.4 Å². The first-order valence-electron chi connectivity index (χ1n) is 8.68. The predicted octanol–water partition coefficient (Wildman–Crippen LogP) is 1.58. The topological polar surface area (TPSA) is 78.2 Å². The molecule has 0 aromatic heterocycles. The normalized spacial score (nSPS) is 16.9. The van der Waals surface area contributed by atoms with Gasteiger partial charge in [0.2, 0.25) is 0 Å². The number of hydrogen-bond acceptors (Lipinski definition) is 4. The van der Waals surface area contributed by atoms with Gasteiger partial charge in [0.05, 0.1) is 22.9 Å². The van der Waals surface area contributed by atoms with Gasteiger partial charge in [-0.3, -0.25) is 9.59 Å². The van der Waals surface area contributed by atoms with Gasteiger partial charge in [0, 0.05) is 32.6 Å². The number of fused-ring (bicyclic) bond motifs is 1. The molecule has 4 rings (SSSR count). The third-order valence-electron chi connectivity index (χ3n) is 4.56. The number of aromatic nitrogens is 3. The van der Waals surface area contributed by atoms with Crippen molar-refractivity contribution in [3.8, 4) is 16.9 Å². The molecule has 1 fully saturated rings. The van der Waals surface area contributed by atoms with Crippen LogP contribution in [0.25, 0.3) is 16.9 Å². The number of nitrogens with zero attached hydrogens (tertiary/aromatic N) is 3. The van der Waals surface area contributed by atoms with E-state index in [9.17, 15) is 9.59 Å². The van der Waals surface area contributed by atoms with Gasteiger partial charge >= 0.3 is 0 Å². The average Bonchev–Trinajstić information content (AvgIpc) is 3.28. The highest BCUT2D eigenvalue weighted by Gasteiger charge is 2.25. The van der Waals surface area contributed by atoms with E-state index in [1.54, 1.807) is 24.0 Å². The van der Waals surface area contributed by atoms with Gasteiger partial charge in [0.15, 0.2) is 0 Å². The molecule has 1 aromatic carbocycles. The van der Waals surface area contributed by atoms with Gasteiger partial charge < -0.3 is 14.6 Å². The van der Waals surface area contributed by atoms with Crippen molar-refractivity contribution in [2.24, 2.45) is 7.05 Å². The fourth-order valence-electron chi connectivity index (χ4n) is 3.25. The lowest BCUT2D eigenvalue weighted by Crippen LogP contribution is -2.32. The van der Waals surface area contributed by atoms with Crippen LogP contribution < -0.4 is 10.9 Å². The zero-order chi connectivity index (χ0) is 18.1. The van der Waals surface area contributed by atoms with Gasteiger partial charge in [0.25, 0.3) is 11.5 Å². The van der Waals surface area contributed by atoms with Crippen molar-refractivity contribution in [1.29, 1.82) is 0 Å². The molecule has 7 nitrogen and oxygen atoms in total. The Morgan fingerprint density at radius 3 is 2.85 bits per heavy atom. The predicted molar refractivity (Wildman–Crippen MR) is 96.7 cm³/mol. The smallest absolute Gasteiger partial charge is 0.282 e. The number of hydrogen-bond donors (Lipinski definition) is 1. The second kappa shape index (κ2) is 6.76. The molecule has 1 amide bonds. The molecule has 0 radical (unpaired) electrons. The van der Waals surface area contributed by atoms with Crippen molar-refractivity contribution in [2.45, 2.75) is 18.9 Å². The summed E-state index contributed by atoms with van der Waals surface area (Å²) < 4.78 is 8.59. The van der Waals surface area contributed by atoms with E-state index < -0.39 is 0 Å². The minimum absolute atomic E-state index is 0.0591. The van der Waals surface area contributed by atoms with Crippen molar-refractivity contribution < 1.29 is 9.53 Å². The standard InChI is InChI=1S/C19H20N4O3/c1-22-11-15(18(24)20-10-14-8-5-9-26-14)17-16(12-22)19(25)23(21-17)13-6-3-2-4-7-13/h2-4,6-7,11-12,14H,5,8-10H2,1H3,(H,20,24)/t14-/m1/s1. The summed E-state index contributed by atoms with van der Waals surface area (Å²) in [5, 5.41) is 7.32. The number of ether oxygens (including phenoxy) is 1. The Bertz CT molecular complexity index is 955. The number of pyridine rings is 1. The van der Waals surface area contributed by atoms with Crippen LogP contribution in [-0.2, 0) is 11.8 Å². The molecule has 0 unspecified atom stereocenters. The van der Waals surface area contributed by atoms with E-state index in [0.717, 1.165) is 19.4 Å². The molecule has 3 heterocycles. The minimum atomic E-state index is -0.251. The Balaban J connectivity index is 1.70. The van der Waals surface area contributed by atoms with E-state index in [1.165, 1.54) is 4.68 Å². The molecule has 0 saturated carbocycles. The number of carbonyl (C=O) groups excluding carboxylic acids is 1. The summed E-state index contributed by atoms with van der Waals surface area (Å²) in [6, 6.07) is 9.18. The molecule has 7 heteroatoms. The zero-order valence-corrected chi connectivity index (χ0v) is 14.5.